The number of rotatable bonds is 9. The SMILES string of the molecule is COc1cnccc1-c1cc2[nH]c([C@@H](CC(C)C)NOC(=O)c3ccccc3)nc2cc1OC. The van der Waals surface area contributed by atoms with E-state index in [-0.39, 0.29) is 6.04 Å². The van der Waals surface area contributed by atoms with E-state index < -0.39 is 5.97 Å². The van der Waals surface area contributed by atoms with Gasteiger partial charge in [-0.2, -0.15) is 0 Å². The number of nitrogens with zero attached hydrogens (tertiary/aromatic N) is 2. The summed E-state index contributed by atoms with van der Waals surface area (Å²) >= 11 is 0. The number of hydrogen-bond donors (Lipinski definition) is 2. The van der Waals surface area contributed by atoms with Crippen molar-refractivity contribution in [1.82, 2.24) is 20.4 Å². The Hall–Kier alpha value is -3.91. The molecule has 0 amide bonds. The fourth-order valence-electron chi connectivity index (χ4n) is 3.81. The molecule has 0 saturated carbocycles. The van der Waals surface area contributed by atoms with Crippen LogP contribution >= 0.6 is 0 Å². The van der Waals surface area contributed by atoms with Crippen molar-refractivity contribution in [3.05, 3.63) is 72.3 Å². The van der Waals surface area contributed by atoms with Crippen molar-refractivity contribution in [2.75, 3.05) is 14.2 Å². The van der Waals surface area contributed by atoms with Crippen molar-refractivity contribution in [2.24, 2.45) is 5.92 Å². The second kappa shape index (κ2) is 10.4. The van der Waals surface area contributed by atoms with E-state index in [1.54, 1.807) is 50.9 Å². The number of ether oxygens (including phenoxy) is 2. The number of hydrogen-bond acceptors (Lipinski definition) is 7. The molecule has 0 aliphatic carbocycles. The standard InChI is InChI=1S/C26H28N4O4/c1-16(2)12-22(30-34-26(31)17-8-6-5-7-9-17)25-28-20-13-19(23(32-3)14-21(20)29-25)18-10-11-27-15-24(18)33-4/h5-11,13-16,22,30H,12H2,1-4H3,(H,28,29)/t22-/m1/s1. The monoisotopic (exact) mass is 460 g/mol. The smallest absolute Gasteiger partial charge is 0.356 e. The Morgan fingerprint density at radius 3 is 2.50 bits per heavy atom. The van der Waals surface area contributed by atoms with Crippen LogP contribution in [0.25, 0.3) is 22.2 Å². The molecule has 0 spiro atoms. The van der Waals surface area contributed by atoms with Gasteiger partial charge in [-0.15, -0.1) is 5.48 Å². The molecule has 1 atom stereocenters. The van der Waals surface area contributed by atoms with E-state index in [1.807, 2.05) is 24.3 Å². The summed E-state index contributed by atoms with van der Waals surface area (Å²) in [6, 6.07) is 14.3. The van der Waals surface area contributed by atoms with Crippen LogP contribution in [0.1, 0.15) is 42.5 Å². The van der Waals surface area contributed by atoms with E-state index in [0.717, 1.165) is 22.2 Å². The first-order valence-electron chi connectivity index (χ1n) is 11.1. The Morgan fingerprint density at radius 1 is 1.03 bits per heavy atom. The van der Waals surface area contributed by atoms with Crippen LogP contribution in [0.4, 0.5) is 0 Å². The fourth-order valence-corrected chi connectivity index (χ4v) is 3.81. The first kappa shape index (κ1) is 23.3. The average molecular weight is 461 g/mol. The third-order valence-corrected chi connectivity index (χ3v) is 5.46. The number of carbonyl (C=O) groups excluding carboxylic acids is 1. The second-order valence-corrected chi connectivity index (χ2v) is 8.32. The van der Waals surface area contributed by atoms with Crippen LogP contribution in [-0.4, -0.2) is 35.1 Å². The molecule has 0 bridgehead atoms. The first-order valence-corrected chi connectivity index (χ1v) is 11.1. The maximum absolute atomic E-state index is 12.4. The van der Waals surface area contributed by atoms with Crippen LogP contribution in [0.2, 0.25) is 0 Å². The predicted octanol–water partition coefficient (Wildman–Crippen LogP) is 5.09. The number of nitrogens with one attached hydrogen (secondary N) is 2. The summed E-state index contributed by atoms with van der Waals surface area (Å²) in [5.74, 6) is 1.88. The van der Waals surface area contributed by atoms with Crippen LogP contribution in [-0.2, 0) is 4.84 Å². The number of fused-ring (bicyclic) bond motifs is 1. The molecule has 2 heterocycles. The zero-order valence-electron chi connectivity index (χ0n) is 19.7. The minimum absolute atomic E-state index is 0.315. The van der Waals surface area contributed by atoms with Crippen LogP contribution in [0.5, 0.6) is 11.5 Å². The molecule has 176 valence electrons. The highest BCUT2D eigenvalue weighted by atomic mass is 16.7. The Kier molecular flexibility index (Phi) is 7.08. The van der Waals surface area contributed by atoms with Gasteiger partial charge in [0.2, 0.25) is 0 Å². The summed E-state index contributed by atoms with van der Waals surface area (Å²) in [5.41, 5.74) is 6.68. The van der Waals surface area contributed by atoms with Crippen molar-refractivity contribution in [2.45, 2.75) is 26.3 Å². The van der Waals surface area contributed by atoms with Gasteiger partial charge in [-0.3, -0.25) is 4.98 Å². The van der Waals surface area contributed by atoms with Gasteiger partial charge in [-0.1, -0.05) is 32.0 Å². The molecule has 8 heteroatoms. The number of methoxy groups -OCH3 is 2. The van der Waals surface area contributed by atoms with E-state index >= 15 is 0 Å². The number of aromatic amines is 1. The molecule has 4 aromatic rings. The van der Waals surface area contributed by atoms with Crippen LogP contribution in [0, 0.1) is 5.92 Å². The van der Waals surface area contributed by atoms with Crippen molar-refractivity contribution >= 4 is 17.0 Å². The van der Waals surface area contributed by atoms with Gasteiger partial charge in [0.1, 0.15) is 23.4 Å². The van der Waals surface area contributed by atoms with Gasteiger partial charge in [-0.05, 0) is 36.6 Å². The third-order valence-electron chi connectivity index (χ3n) is 5.46. The third kappa shape index (κ3) is 5.02. The normalized spacial score (nSPS) is 12.0. The Balaban J connectivity index is 1.66. The maximum atomic E-state index is 12.4. The summed E-state index contributed by atoms with van der Waals surface area (Å²) in [6.45, 7) is 4.21. The van der Waals surface area contributed by atoms with Gasteiger partial charge in [0.05, 0.1) is 37.0 Å². The van der Waals surface area contributed by atoms with Gasteiger partial charge in [0, 0.05) is 23.4 Å². The molecular formula is C26H28N4O4. The molecule has 0 saturated heterocycles. The van der Waals surface area contributed by atoms with Crippen LogP contribution in [0.15, 0.2) is 60.9 Å². The number of hydroxylamine groups is 1. The van der Waals surface area contributed by atoms with Gasteiger partial charge >= 0.3 is 5.97 Å². The Morgan fingerprint density at radius 2 is 1.79 bits per heavy atom. The van der Waals surface area contributed by atoms with E-state index in [0.29, 0.717) is 35.2 Å². The zero-order chi connectivity index (χ0) is 24.1. The van der Waals surface area contributed by atoms with Crippen molar-refractivity contribution in [3.8, 4) is 22.6 Å². The van der Waals surface area contributed by atoms with Crippen molar-refractivity contribution in [1.29, 1.82) is 0 Å². The minimum Gasteiger partial charge on any atom is -0.496 e. The van der Waals surface area contributed by atoms with Crippen molar-refractivity contribution < 1.29 is 19.1 Å². The lowest BCUT2D eigenvalue weighted by molar-refractivity contribution is 0.0120. The second-order valence-electron chi connectivity index (χ2n) is 8.32. The van der Waals surface area contributed by atoms with Gasteiger partial charge < -0.3 is 19.3 Å². The molecule has 34 heavy (non-hydrogen) atoms. The number of imidazole rings is 1. The topological polar surface area (TPSA) is 98.4 Å². The van der Waals surface area contributed by atoms with E-state index in [9.17, 15) is 4.79 Å². The Labute approximate surface area is 198 Å². The summed E-state index contributed by atoms with van der Waals surface area (Å²) in [6.07, 6.45) is 4.09. The summed E-state index contributed by atoms with van der Waals surface area (Å²) in [4.78, 5) is 30.1. The maximum Gasteiger partial charge on any atom is 0.356 e. The first-order chi connectivity index (χ1) is 16.5. The van der Waals surface area contributed by atoms with Crippen LogP contribution in [0.3, 0.4) is 0 Å². The summed E-state index contributed by atoms with van der Waals surface area (Å²) in [5, 5.41) is 0. The van der Waals surface area contributed by atoms with E-state index in [2.05, 4.69) is 29.3 Å². The minimum atomic E-state index is -0.445. The van der Waals surface area contributed by atoms with Gasteiger partial charge in [0.25, 0.3) is 0 Å². The molecule has 2 aromatic carbocycles. The molecule has 4 rings (SSSR count). The fraction of sp³-hybridized carbons (Fsp3) is 0.269. The van der Waals surface area contributed by atoms with E-state index in [1.165, 1.54) is 0 Å². The van der Waals surface area contributed by atoms with Gasteiger partial charge in [0.15, 0.2) is 0 Å². The average Bonchev–Trinajstić information content (AvgIpc) is 3.28. The molecule has 0 fully saturated rings. The quantitative estimate of drug-likeness (QED) is 0.336. The van der Waals surface area contributed by atoms with E-state index in [4.69, 9.17) is 19.3 Å². The lowest BCUT2D eigenvalue weighted by Gasteiger charge is -2.18. The number of aromatic nitrogens is 3. The number of benzene rings is 2. The molecule has 8 nitrogen and oxygen atoms in total. The highest BCUT2D eigenvalue weighted by Gasteiger charge is 2.21. The largest absolute Gasteiger partial charge is 0.496 e. The number of pyridine rings is 1. The molecule has 0 radical (unpaired) electrons. The lowest BCUT2D eigenvalue weighted by atomic mass is 10.0. The molecular weight excluding hydrogens is 432 g/mol. The lowest BCUT2D eigenvalue weighted by Crippen LogP contribution is -2.27. The van der Waals surface area contributed by atoms with Gasteiger partial charge in [-0.25, -0.2) is 9.78 Å². The molecule has 0 unspecified atom stereocenters. The summed E-state index contributed by atoms with van der Waals surface area (Å²) < 4.78 is 11.1. The molecule has 0 aliphatic rings. The molecule has 2 aromatic heterocycles. The Bertz CT molecular complexity index is 1270. The van der Waals surface area contributed by atoms with Crippen molar-refractivity contribution in [3.63, 3.8) is 0 Å². The predicted molar refractivity (Wildman–Crippen MR) is 130 cm³/mol. The highest BCUT2D eigenvalue weighted by molar-refractivity contribution is 5.89. The molecule has 2 N–H and O–H groups in total. The number of carbonyl (C=O) groups is 1. The molecule has 0 aliphatic heterocycles. The number of H-pyrrole nitrogens is 1. The summed E-state index contributed by atoms with van der Waals surface area (Å²) in [7, 11) is 3.23. The van der Waals surface area contributed by atoms with Crippen LogP contribution < -0.4 is 15.0 Å². The zero-order valence-corrected chi connectivity index (χ0v) is 19.7. The highest BCUT2D eigenvalue weighted by Crippen LogP contribution is 2.38.